The summed E-state index contributed by atoms with van der Waals surface area (Å²) in [6, 6.07) is 82.9. The van der Waals surface area contributed by atoms with E-state index in [9.17, 15) is 19.2 Å². The molecule has 13 rings (SSSR count). The average molecular weight is 1660 g/mol. The minimum atomic E-state index is -1.11. The molecule has 4 unspecified atom stereocenters. The molecule has 0 aliphatic heterocycles. The molecule has 8 N–H and O–H groups in total. The molecule has 12 aromatic carbocycles. The summed E-state index contributed by atoms with van der Waals surface area (Å²) >= 11 is 0. The molecule has 1 aliphatic rings. The minimum Gasteiger partial charge on any atom is -0.493 e. The number of rotatable bonds is 36. The molecule has 8 amide bonds. The van der Waals surface area contributed by atoms with Crippen LogP contribution in [0.3, 0.4) is 0 Å². The number of nitrogens with one attached hydrogen (secondary N) is 8. The predicted molar refractivity (Wildman–Crippen MR) is 486 cm³/mol. The number of hydrogen-bond acceptors (Lipinski definition) is 12. The number of carbonyl (C=O) groups is 8. The largest absolute Gasteiger partial charge is 0.493 e. The second kappa shape index (κ2) is 43.7. The molecule has 1 aliphatic carbocycles. The Balaban J connectivity index is 1.04. The molecule has 0 radical (unpaired) electrons. The summed E-state index contributed by atoms with van der Waals surface area (Å²) in [5.41, 5.74) is 10.5. The highest BCUT2D eigenvalue weighted by atomic mass is 16.5. The van der Waals surface area contributed by atoms with E-state index in [-0.39, 0.29) is 77.8 Å². The molecule has 12 aromatic rings. The number of fused-ring (bicyclic) bond motifs is 8. The first kappa shape index (κ1) is 87.4. The van der Waals surface area contributed by atoms with Crippen molar-refractivity contribution in [2.75, 3.05) is 47.7 Å². The van der Waals surface area contributed by atoms with E-state index in [1.807, 2.05) is 222 Å². The van der Waals surface area contributed by atoms with Crippen molar-refractivity contribution in [3.05, 3.63) is 380 Å². The van der Waals surface area contributed by atoms with Crippen molar-refractivity contribution >= 4 is 70.0 Å². The third-order valence-corrected chi connectivity index (χ3v) is 21.1. The Bertz CT molecular complexity index is 4860. The van der Waals surface area contributed by atoms with Gasteiger partial charge in [-0.2, -0.15) is 0 Å². The lowest BCUT2D eigenvalue weighted by atomic mass is 9.90. The number of hydrogen-bond donors (Lipinski definition) is 8. The first-order valence-corrected chi connectivity index (χ1v) is 42.5. The van der Waals surface area contributed by atoms with Gasteiger partial charge in [-0.1, -0.05) is 222 Å². The highest BCUT2D eigenvalue weighted by molar-refractivity contribution is 6.05. The molecular weight excluding hydrogens is 1550 g/mol. The van der Waals surface area contributed by atoms with Crippen molar-refractivity contribution in [2.24, 2.45) is 0 Å². The lowest BCUT2D eigenvalue weighted by Gasteiger charge is -2.26. The van der Waals surface area contributed by atoms with Gasteiger partial charge >= 0.3 is 0 Å². The quantitative estimate of drug-likeness (QED) is 0.0182. The van der Waals surface area contributed by atoms with Crippen LogP contribution in [0.1, 0.15) is 162 Å². The zero-order valence-electron chi connectivity index (χ0n) is 70.2. The average Bonchev–Trinajstić information content (AvgIpc) is 0.768. The van der Waals surface area contributed by atoms with Crippen molar-refractivity contribution < 1.29 is 57.3 Å². The van der Waals surface area contributed by atoms with Crippen LogP contribution in [-0.2, 0) is 70.5 Å². The number of ether oxygens (including phenoxy) is 4. The van der Waals surface area contributed by atoms with Crippen molar-refractivity contribution in [1.29, 1.82) is 0 Å². The second-order valence-electron chi connectivity index (χ2n) is 30.9. The molecule has 8 bridgehead atoms. The van der Waals surface area contributed by atoms with Crippen molar-refractivity contribution in [1.82, 2.24) is 21.3 Å². The summed E-state index contributed by atoms with van der Waals surface area (Å²) in [6.07, 6.45) is 2.81. The predicted octanol–water partition coefficient (Wildman–Crippen LogP) is 17.4. The van der Waals surface area contributed by atoms with Gasteiger partial charge < -0.3 is 61.5 Å². The van der Waals surface area contributed by atoms with Gasteiger partial charge in [0, 0.05) is 141 Å². The van der Waals surface area contributed by atoms with Gasteiger partial charge in [0.1, 0.15) is 47.2 Å². The van der Waals surface area contributed by atoms with Crippen LogP contribution in [0, 0.1) is 0 Å². The van der Waals surface area contributed by atoms with Gasteiger partial charge in [0.05, 0.1) is 26.4 Å². The highest BCUT2D eigenvalue weighted by Gasteiger charge is 2.32. The van der Waals surface area contributed by atoms with Crippen LogP contribution < -0.4 is 61.5 Å². The molecule has 0 saturated heterocycles. The van der Waals surface area contributed by atoms with E-state index in [0.29, 0.717) is 138 Å². The normalized spacial score (nSPS) is 12.4. The topological polar surface area (TPSA) is 270 Å². The Labute approximate surface area is 724 Å². The van der Waals surface area contributed by atoms with E-state index in [0.717, 1.165) is 22.3 Å². The van der Waals surface area contributed by atoms with Crippen LogP contribution in [-0.4, -0.2) is 97.9 Å². The van der Waals surface area contributed by atoms with Gasteiger partial charge in [-0.25, -0.2) is 0 Å². The summed E-state index contributed by atoms with van der Waals surface area (Å²) < 4.78 is 28.5. The van der Waals surface area contributed by atoms with Gasteiger partial charge in [0.25, 0.3) is 23.6 Å². The smallest absolute Gasteiger partial charge is 0.251 e. The zero-order valence-corrected chi connectivity index (χ0v) is 70.2. The molecule has 20 nitrogen and oxygen atoms in total. The summed E-state index contributed by atoms with van der Waals surface area (Å²) in [4.78, 5) is 120. The molecule has 0 saturated carbocycles. The fourth-order valence-corrected chi connectivity index (χ4v) is 15.2. The van der Waals surface area contributed by atoms with Gasteiger partial charge in [-0.15, -0.1) is 0 Å². The highest BCUT2D eigenvalue weighted by Crippen LogP contribution is 2.44. The SMILES string of the molecule is CCCOc1c2cc(NC(=O)C(Cc3ccccc3)NC(=O)c3ccccc3)cc1Cc1cc(NC(=O)C(Cc3ccccc3)NC(=O)c3ccccc3)cc(c1OCCC)Cc1cc(NC(=O)C(Cc3ccccc3)NC(=O)c3ccccc3)cc(c1OCCC)Cc1cc(NC(=O)C(Cc3ccccc3)NC(=O)c3ccccc3)cc(c1OCCC)C2. The van der Waals surface area contributed by atoms with E-state index < -0.39 is 71.4 Å². The van der Waals surface area contributed by atoms with E-state index in [1.165, 1.54) is 0 Å². The van der Waals surface area contributed by atoms with Crippen LogP contribution in [0.2, 0.25) is 0 Å². The number of anilines is 4. The molecule has 0 aromatic heterocycles. The van der Waals surface area contributed by atoms with Crippen LogP contribution in [0.5, 0.6) is 23.0 Å². The number of amides is 8. The fraction of sp³-hybridized carbons (Fsp3) is 0.231. The lowest BCUT2D eigenvalue weighted by molar-refractivity contribution is -0.118. The molecule has 0 heterocycles. The van der Waals surface area contributed by atoms with Crippen molar-refractivity contribution in [3.8, 4) is 23.0 Å². The summed E-state index contributed by atoms with van der Waals surface area (Å²) in [5, 5.41) is 25.3. The van der Waals surface area contributed by atoms with Gasteiger partial charge in [0.2, 0.25) is 23.6 Å². The first-order chi connectivity index (χ1) is 60.5. The van der Waals surface area contributed by atoms with E-state index in [1.54, 1.807) is 97.1 Å². The fourth-order valence-electron chi connectivity index (χ4n) is 15.2. The standard InChI is InChI=1S/C104H104N8O12/c1-5-49-121-93-77-57-79-63-86(106-102(118)90(54-70-35-19-10-20-36-70)110-98(114)74-43-27-14-28-44-74)65-81(94(79)122-50-6-2)59-83-67-88(108-104(120)92(56-72-39-23-12-24-40-72)112-100(116)76-47-31-16-32-48-76)68-84(96(83)124-52-8-4)60-82-66-87(107-103(119)91(55-71-37-21-11-22-38-71)111-99(115)75-45-29-15-30-46-75)64-80(95(82)123-51-7-3)58-78(93)62-85(61-77)105-101(117)89(53-69-33-17-9-18-34-69)109-97(113)73-41-25-13-26-42-73/h9-48,61-68,89-92H,5-8,49-60H2,1-4H3,(H,105,117)(H,106,118)(H,107,119)(H,108,120)(H,109,113)(H,110,114)(H,111,115)(H,112,116). The molecule has 4 atom stereocenters. The number of benzene rings is 12. The van der Waals surface area contributed by atoms with Crippen LogP contribution in [0.4, 0.5) is 22.7 Å². The first-order valence-electron chi connectivity index (χ1n) is 42.5. The van der Waals surface area contributed by atoms with Crippen LogP contribution >= 0.6 is 0 Å². The Morgan fingerprint density at radius 1 is 0.242 bits per heavy atom. The van der Waals surface area contributed by atoms with Gasteiger partial charge in [0.15, 0.2) is 0 Å². The molecule has 124 heavy (non-hydrogen) atoms. The molecular formula is C104H104N8O12. The Morgan fingerprint density at radius 2 is 0.403 bits per heavy atom. The van der Waals surface area contributed by atoms with E-state index in [2.05, 4.69) is 42.5 Å². The third kappa shape index (κ3) is 24.0. The lowest BCUT2D eigenvalue weighted by Crippen LogP contribution is -2.45. The monoisotopic (exact) mass is 1660 g/mol. The maximum Gasteiger partial charge on any atom is 0.251 e. The summed E-state index contributed by atoms with van der Waals surface area (Å²) in [6.45, 7) is 8.94. The van der Waals surface area contributed by atoms with Crippen LogP contribution in [0.15, 0.2) is 291 Å². The molecule has 632 valence electrons. The molecule has 20 heteroatoms. The Morgan fingerprint density at radius 3 is 0.565 bits per heavy atom. The van der Waals surface area contributed by atoms with E-state index >= 15 is 19.2 Å². The maximum atomic E-state index is 15.6. The van der Waals surface area contributed by atoms with Crippen LogP contribution in [0.25, 0.3) is 0 Å². The maximum absolute atomic E-state index is 15.6. The van der Waals surface area contributed by atoms with Crippen molar-refractivity contribution in [3.63, 3.8) is 0 Å². The second-order valence-corrected chi connectivity index (χ2v) is 30.9. The zero-order chi connectivity index (χ0) is 86.5. The number of carbonyl (C=O) groups excluding carboxylic acids is 8. The summed E-state index contributed by atoms with van der Waals surface area (Å²) in [5.74, 6) is -2.13. The van der Waals surface area contributed by atoms with Gasteiger partial charge in [-0.05, 0) is 145 Å². The third-order valence-electron chi connectivity index (χ3n) is 21.1. The molecule has 0 fully saturated rings. The molecule has 0 spiro atoms. The van der Waals surface area contributed by atoms with Crippen molar-refractivity contribution in [2.45, 2.75) is 129 Å². The van der Waals surface area contributed by atoms with Gasteiger partial charge in [-0.3, -0.25) is 38.4 Å². The Kier molecular flexibility index (Phi) is 30.8. The Hall–Kier alpha value is -14.4. The summed E-state index contributed by atoms with van der Waals surface area (Å²) in [7, 11) is 0. The van der Waals surface area contributed by atoms with E-state index in [4.69, 9.17) is 18.9 Å². The minimum absolute atomic E-state index is 0.0119.